The van der Waals surface area contributed by atoms with Crippen LogP contribution in [-0.2, 0) is 16.6 Å². The first-order chi connectivity index (χ1) is 8.97. The summed E-state index contributed by atoms with van der Waals surface area (Å²) < 4.78 is 22.4. The number of hydrogen-bond donors (Lipinski definition) is 3. The van der Waals surface area contributed by atoms with Gasteiger partial charge in [0.25, 0.3) is 0 Å². The van der Waals surface area contributed by atoms with Gasteiger partial charge in [-0.25, -0.2) is 13.6 Å². The quantitative estimate of drug-likeness (QED) is 0.738. The van der Waals surface area contributed by atoms with Crippen LogP contribution in [0.25, 0.3) is 0 Å². The minimum absolute atomic E-state index is 0.0576. The van der Waals surface area contributed by atoms with Gasteiger partial charge in [0.1, 0.15) is 4.90 Å². The van der Waals surface area contributed by atoms with Crippen LogP contribution in [0, 0.1) is 0 Å². The molecule has 0 saturated carbocycles. The molecule has 5 nitrogen and oxygen atoms in total. The smallest absolute Gasteiger partial charge is 0.240 e. The number of nitrogens with two attached hydrogens (primary N) is 2. The fraction of sp³-hybridized carbons (Fsp3) is 0.0769. The van der Waals surface area contributed by atoms with E-state index in [2.05, 4.69) is 5.32 Å². The monoisotopic (exact) mass is 277 g/mol. The van der Waals surface area contributed by atoms with E-state index in [4.69, 9.17) is 10.9 Å². The molecule has 0 unspecified atom stereocenters. The van der Waals surface area contributed by atoms with Gasteiger partial charge in [0, 0.05) is 12.2 Å². The highest BCUT2D eigenvalue weighted by atomic mass is 32.2. The lowest BCUT2D eigenvalue weighted by molar-refractivity contribution is 0.598. The van der Waals surface area contributed by atoms with Gasteiger partial charge in [0.2, 0.25) is 10.0 Å². The molecule has 0 aliphatic carbocycles. The molecule has 19 heavy (non-hydrogen) atoms. The zero-order valence-corrected chi connectivity index (χ0v) is 11.0. The molecule has 0 aliphatic heterocycles. The Labute approximate surface area is 112 Å². The maximum Gasteiger partial charge on any atom is 0.240 e. The van der Waals surface area contributed by atoms with E-state index in [0.717, 1.165) is 11.3 Å². The summed E-state index contributed by atoms with van der Waals surface area (Å²) in [5, 5.41) is 8.21. The van der Waals surface area contributed by atoms with Gasteiger partial charge in [-0.1, -0.05) is 30.3 Å². The molecule has 0 atom stereocenters. The fourth-order valence-corrected chi connectivity index (χ4v) is 2.36. The van der Waals surface area contributed by atoms with Gasteiger partial charge >= 0.3 is 0 Å². The summed E-state index contributed by atoms with van der Waals surface area (Å²) in [6.45, 7) is 0.634. The minimum Gasteiger partial charge on any atom is -0.398 e. The van der Waals surface area contributed by atoms with Crippen LogP contribution in [0.2, 0.25) is 0 Å². The van der Waals surface area contributed by atoms with Crippen molar-refractivity contribution in [2.24, 2.45) is 5.14 Å². The highest BCUT2D eigenvalue weighted by Gasteiger charge is 2.11. The molecule has 0 radical (unpaired) electrons. The molecule has 0 bridgehead atoms. The number of hydrogen-bond acceptors (Lipinski definition) is 4. The van der Waals surface area contributed by atoms with E-state index in [1.807, 2.05) is 30.3 Å². The second-order valence-electron chi connectivity index (χ2n) is 4.14. The molecule has 0 amide bonds. The first kappa shape index (κ1) is 13.4. The number of sulfonamides is 1. The third-order valence-corrected chi connectivity index (χ3v) is 3.64. The molecule has 5 N–H and O–H groups in total. The Morgan fingerprint density at radius 1 is 1.05 bits per heavy atom. The average Bonchev–Trinajstić information content (AvgIpc) is 2.36. The molecule has 2 aromatic carbocycles. The number of anilines is 2. The Balaban J connectivity index is 2.13. The van der Waals surface area contributed by atoms with Gasteiger partial charge in [0.05, 0.1) is 5.69 Å². The third kappa shape index (κ3) is 3.46. The summed E-state index contributed by atoms with van der Waals surface area (Å²) in [6, 6.07) is 14.4. The molecule has 2 aromatic rings. The lowest BCUT2D eigenvalue weighted by Gasteiger charge is -2.09. The van der Waals surface area contributed by atoms with E-state index in [-0.39, 0.29) is 10.6 Å². The van der Waals surface area contributed by atoms with Gasteiger partial charge in [-0.15, -0.1) is 0 Å². The molecular weight excluding hydrogens is 262 g/mol. The predicted molar refractivity (Wildman–Crippen MR) is 76.0 cm³/mol. The van der Waals surface area contributed by atoms with Crippen LogP contribution in [0.15, 0.2) is 53.4 Å². The molecule has 6 heteroatoms. The molecular formula is C13H15N3O2S. The van der Waals surface area contributed by atoms with Crippen LogP contribution in [-0.4, -0.2) is 8.42 Å². The fourth-order valence-electron chi connectivity index (χ4n) is 1.72. The van der Waals surface area contributed by atoms with Crippen molar-refractivity contribution < 1.29 is 8.42 Å². The van der Waals surface area contributed by atoms with Crippen molar-refractivity contribution in [2.75, 3.05) is 11.1 Å². The van der Waals surface area contributed by atoms with Crippen LogP contribution >= 0.6 is 0 Å². The van der Waals surface area contributed by atoms with Gasteiger partial charge in [-0.05, 0) is 23.8 Å². The van der Waals surface area contributed by atoms with E-state index in [0.29, 0.717) is 6.54 Å². The van der Waals surface area contributed by atoms with Crippen molar-refractivity contribution in [1.29, 1.82) is 0 Å². The van der Waals surface area contributed by atoms with E-state index in [9.17, 15) is 8.42 Å². The highest BCUT2D eigenvalue weighted by Crippen LogP contribution is 2.21. The van der Waals surface area contributed by atoms with Crippen LogP contribution in [0.3, 0.4) is 0 Å². The van der Waals surface area contributed by atoms with Crippen LogP contribution < -0.4 is 16.2 Å². The Hall–Kier alpha value is -2.05. The predicted octanol–water partition coefficient (Wildman–Crippen LogP) is 1.53. The molecule has 0 heterocycles. The Kier molecular flexibility index (Phi) is 3.73. The summed E-state index contributed by atoms with van der Waals surface area (Å²) in [6.07, 6.45) is 0. The third-order valence-electron chi connectivity index (χ3n) is 2.66. The largest absolute Gasteiger partial charge is 0.398 e. The van der Waals surface area contributed by atoms with Gasteiger partial charge < -0.3 is 11.1 Å². The first-order valence-corrected chi connectivity index (χ1v) is 7.21. The van der Waals surface area contributed by atoms with Gasteiger partial charge in [-0.2, -0.15) is 0 Å². The molecule has 0 aliphatic rings. The Morgan fingerprint density at radius 3 is 2.32 bits per heavy atom. The number of rotatable bonds is 4. The van der Waals surface area contributed by atoms with Crippen molar-refractivity contribution in [3.05, 3.63) is 54.1 Å². The maximum atomic E-state index is 11.2. The average molecular weight is 277 g/mol. The maximum absolute atomic E-state index is 11.2. The molecule has 0 fully saturated rings. The van der Waals surface area contributed by atoms with Crippen molar-refractivity contribution in [3.8, 4) is 0 Å². The summed E-state index contributed by atoms with van der Waals surface area (Å²) in [5.41, 5.74) is 7.68. The van der Waals surface area contributed by atoms with Gasteiger partial charge in [0.15, 0.2) is 0 Å². The standard InChI is InChI=1S/C13H15N3O2S/c14-12-8-11(6-7-13(12)19(15,17)18)16-9-10-4-2-1-3-5-10/h1-8,16H,9,14H2,(H2,15,17,18). The molecule has 2 rings (SSSR count). The van der Waals surface area contributed by atoms with E-state index in [1.165, 1.54) is 6.07 Å². The zero-order chi connectivity index (χ0) is 13.9. The topological polar surface area (TPSA) is 98.2 Å². The number of benzene rings is 2. The van der Waals surface area contributed by atoms with Crippen molar-refractivity contribution in [3.63, 3.8) is 0 Å². The van der Waals surface area contributed by atoms with E-state index >= 15 is 0 Å². The second-order valence-corrected chi connectivity index (χ2v) is 5.67. The molecule has 100 valence electrons. The Morgan fingerprint density at radius 2 is 1.74 bits per heavy atom. The van der Waals surface area contributed by atoms with Crippen molar-refractivity contribution in [1.82, 2.24) is 0 Å². The Bertz CT molecular complexity index is 670. The molecule has 0 aromatic heterocycles. The zero-order valence-electron chi connectivity index (χ0n) is 10.2. The normalized spacial score (nSPS) is 11.2. The summed E-state index contributed by atoms with van der Waals surface area (Å²) in [5.74, 6) is 0. The summed E-state index contributed by atoms with van der Waals surface area (Å²) in [4.78, 5) is -0.0576. The van der Waals surface area contributed by atoms with Gasteiger partial charge in [-0.3, -0.25) is 0 Å². The first-order valence-electron chi connectivity index (χ1n) is 5.67. The van der Waals surface area contributed by atoms with Crippen LogP contribution in [0.1, 0.15) is 5.56 Å². The van der Waals surface area contributed by atoms with Crippen LogP contribution in [0.4, 0.5) is 11.4 Å². The van der Waals surface area contributed by atoms with Crippen LogP contribution in [0.5, 0.6) is 0 Å². The SMILES string of the molecule is Nc1cc(NCc2ccccc2)ccc1S(N)(=O)=O. The molecule has 0 saturated heterocycles. The molecule has 0 spiro atoms. The highest BCUT2D eigenvalue weighted by molar-refractivity contribution is 7.89. The lowest BCUT2D eigenvalue weighted by atomic mass is 10.2. The number of nitrogens with one attached hydrogen (secondary N) is 1. The minimum atomic E-state index is -3.77. The van der Waals surface area contributed by atoms with E-state index < -0.39 is 10.0 Å². The summed E-state index contributed by atoms with van der Waals surface area (Å²) in [7, 11) is -3.77. The van der Waals surface area contributed by atoms with Crippen molar-refractivity contribution in [2.45, 2.75) is 11.4 Å². The summed E-state index contributed by atoms with van der Waals surface area (Å²) >= 11 is 0. The van der Waals surface area contributed by atoms with E-state index in [1.54, 1.807) is 12.1 Å². The second kappa shape index (κ2) is 5.29. The number of primary sulfonamides is 1. The van der Waals surface area contributed by atoms with Crippen molar-refractivity contribution >= 4 is 21.4 Å². The lowest BCUT2D eigenvalue weighted by Crippen LogP contribution is -2.14. The number of nitrogen functional groups attached to an aromatic ring is 1.